The fourth-order valence-electron chi connectivity index (χ4n) is 2.95. The highest BCUT2D eigenvalue weighted by Gasteiger charge is 2.19. The lowest BCUT2D eigenvalue weighted by molar-refractivity contribution is 0.436. The molecule has 0 bridgehead atoms. The number of pyridine rings is 1. The maximum atomic E-state index is 12.2. The minimum Gasteiger partial charge on any atom is -0.325 e. The van der Waals surface area contributed by atoms with E-state index in [1.54, 1.807) is 11.3 Å². The third kappa shape index (κ3) is 2.41. The summed E-state index contributed by atoms with van der Waals surface area (Å²) in [6.07, 6.45) is 5.99. The Morgan fingerprint density at radius 2 is 2.10 bits per heavy atom. The summed E-state index contributed by atoms with van der Waals surface area (Å²) in [5.74, 6) is 0.433. The van der Waals surface area contributed by atoms with E-state index < -0.39 is 0 Å². The SMILES string of the molecule is N#Cc1c(-c2cccs2)cc(C2CCCCC2)[nH]c1=O. The van der Waals surface area contributed by atoms with E-state index in [0.717, 1.165) is 29.0 Å². The van der Waals surface area contributed by atoms with E-state index in [1.165, 1.54) is 19.3 Å². The Labute approximate surface area is 121 Å². The summed E-state index contributed by atoms with van der Waals surface area (Å²) in [5.41, 5.74) is 1.76. The van der Waals surface area contributed by atoms with Gasteiger partial charge in [0.15, 0.2) is 0 Å². The Bertz CT molecular complexity index is 688. The number of rotatable bonds is 2. The highest BCUT2D eigenvalue weighted by atomic mass is 32.1. The molecule has 0 aromatic carbocycles. The van der Waals surface area contributed by atoms with Crippen LogP contribution in [-0.4, -0.2) is 4.98 Å². The third-order valence-electron chi connectivity index (χ3n) is 4.00. The topological polar surface area (TPSA) is 56.6 Å². The molecule has 1 aliphatic rings. The summed E-state index contributed by atoms with van der Waals surface area (Å²) in [4.78, 5) is 16.1. The van der Waals surface area contributed by atoms with E-state index in [4.69, 9.17) is 0 Å². The molecular formula is C16H16N2OS. The van der Waals surface area contributed by atoms with Crippen LogP contribution in [0.3, 0.4) is 0 Å². The third-order valence-corrected chi connectivity index (χ3v) is 4.90. The lowest BCUT2D eigenvalue weighted by Crippen LogP contribution is -2.17. The van der Waals surface area contributed by atoms with Crippen LogP contribution in [-0.2, 0) is 0 Å². The second-order valence-electron chi connectivity index (χ2n) is 5.27. The lowest BCUT2D eigenvalue weighted by Gasteiger charge is -2.22. The van der Waals surface area contributed by atoms with E-state index in [2.05, 4.69) is 4.98 Å². The van der Waals surface area contributed by atoms with Gasteiger partial charge >= 0.3 is 0 Å². The smallest absolute Gasteiger partial charge is 0.266 e. The van der Waals surface area contributed by atoms with Gasteiger partial charge in [-0.25, -0.2) is 0 Å². The fourth-order valence-corrected chi connectivity index (χ4v) is 3.70. The summed E-state index contributed by atoms with van der Waals surface area (Å²) >= 11 is 1.57. The van der Waals surface area contributed by atoms with Crippen LogP contribution in [0, 0.1) is 11.3 Å². The molecule has 0 aliphatic heterocycles. The van der Waals surface area contributed by atoms with Gasteiger partial charge in [0.2, 0.25) is 0 Å². The van der Waals surface area contributed by atoms with Gasteiger partial charge in [0.25, 0.3) is 5.56 Å². The zero-order chi connectivity index (χ0) is 13.9. The molecule has 1 saturated carbocycles. The highest BCUT2D eigenvalue weighted by Crippen LogP contribution is 2.34. The molecule has 3 nitrogen and oxygen atoms in total. The van der Waals surface area contributed by atoms with Crippen molar-refractivity contribution in [2.24, 2.45) is 0 Å². The summed E-state index contributed by atoms with van der Waals surface area (Å²) in [6.45, 7) is 0. The Morgan fingerprint density at radius 1 is 1.30 bits per heavy atom. The van der Waals surface area contributed by atoms with Crippen LogP contribution in [0.5, 0.6) is 0 Å². The second-order valence-corrected chi connectivity index (χ2v) is 6.21. The van der Waals surface area contributed by atoms with Crippen LogP contribution in [0.25, 0.3) is 10.4 Å². The van der Waals surface area contributed by atoms with Crippen molar-refractivity contribution in [1.29, 1.82) is 5.26 Å². The van der Waals surface area contributed by atoms with Crippen LogP contribution >= 0.6 is 11.3 Å². The van der Waals surface area contributed by atoms with Gasteiger partial charge in [-0.2, -0.15) is 5.26 Å². The number of thiophene rings is 1. The maximum absolute atomic E-state index is 12.2. The molecule has 0 atom stereocenters. The first-order valence-electron chi connectivity index (χ1n) is 7.01. The monoisotopic (exact) mass is 284 g/mol. The summed E-state index contributed by atoms with van der Waals surface area (Å²) in [5, 5.41) is 11.2. The predicted octanol–water partition coefficient (Wildman–Crippen LogP) is 4.02. The van der Waals surface area contributed by atoms with Crippen molar-refractivity contribution >= 4 is 11.3 Å². The van der Waals surface area contributed by atoms with Crippen molar-refractivity contribution in [3.63, 3.8) is 0 Å². The molecule has 0 saturated heterocycles. The first-order chi connectivity index (χ1) is 9.79. The van der Waals surface area contributed by atoms with Gasteiger partial charge in [-0.1, -0.05) is 25.3 Å². The van der Waals surface area contributed by atoms with Gasteiger partial charge in [-0.3, -0.25) is 4.79 Å². The Balaban J connectivity index is 2.10. The molecule has 2 aromatic heterocycles. The quantitative estimate of drug-likeness (QED) is 0.905. The van der Waals surface area contributed by atoms with Gasteiger partial charge in [0.05, 0.1) is 0 Å². The van der Waals surface area contributed by atoms with E-state index in [0.29, 0.717) is 5.92 Å². The van der Waals surface area contributed by atoms with Crippen LogP contribution < -0.4 is 5.56 Å². The molecule has 1 fully saturated rings. The van der Waals surface area contributed by atoms with Crippen molar-refractivity contribution in [2.45, 2.75) is 38.0 Å². The summed E-state index contributed by atoms with van der Waals surface area (Å²) in [7, 11) is 0. The number of nitriles is 1. The Hall–Kier alpha value is -1.86. The molecule has 2 aromatic rings. The lowest BCUT2D eigenvalue weighted by atomic mass is 9.86. The number of hydrogen-bond donors (Lipinski definition) is 1. The average Bonchev–Trinajstić information content (AvgIpc) is 3.01. The second kappa shape index (κ2) is 5.64. The van der Waals surface area contributed by atoms with Crippen molar-refractivity contribution in [3.05, 3.63) is 45.2 Å². The summed E-state index contributed by atoms with van der Waals surface area (Å²) in [6, 6.07) is 7.97. The van der Waals surface area contributed by atoms with Crippen molar-refractivity contribution in [2.75, 3.05) is 0 Å². The van der Waals surface area contributed by atoms with Crippen LogP contribution in [0.1, 0.15) is 49.3 Å². The fraction of sp³-hybridized carbons (Fsp3) is 0.375. The van der Waals surface area contributed by atoms with Crippen molar-refractivity contribution in [3.8, 4) is 16.5 Å². The van der Waals surface area contributed by atoms with E-state index in [9.17, 15) is 10.1 Å². The number of nitrogens with zero attached hydrogens (tertiary/aromatic N) is 1. The van der Waals surface area contributed by atoms with E-state index >= 15 is 0 Å². The van der Waals surface area contributed by atoms with Crippen LogP contribution in [0.4, 0.5) is 0 Å². The van der Waals surface area contributed by atoms with Crippen LogP contribution in [0.15, 0.2) is 28.4 Å². The van der Waals surface area contributed by atoms with Crippen molar-refractivity contribution in [1.82, 2.24) is 4.98 Å². The molecule has 0 spiro atoms. The maximum Gasteiger partial charge on any atom is 0.266 e. The Kier molecular flexibility index (Phi) is 3.70. The minimum absolute atomic E-state index is 0.229. The molecule has 4 heteroatoms. The van der Waals surface area contributed by atoms with Gasteiger partial charge in [-0.05, 0) is 36.3 Å². The average molecular weight is 284 g/mol. The van der Waals surface area contributed by atoms with Gasteiger partial charge in [-0.15, -0.1) is 11.3 Å². The zero-order valence-electron chi connectivity index (χ0n) is 11.2. The number of hydrogen-bond acceptors (Lipinski definition) is 3. The molecule has 1 N–H and O–H groups in total. The molecule has 0 unspecified atom stereocenters. The number of nitrogens with one attached hydrogen (secondary N) is 1. The minimum atomic E-state index is -0.251. The molecule has 2 heterocycles. The summed E-state index contributed by atoms with van der Waals surface area (Å²) < 4.78 is 0. The van der Waals surface area contributed by atoms with Crippen LogP contribution in [0.2, 0.25) is 0 Å². The van der Waals surface area contributed by atoms with Gasteiger partial charge < -0.3 is 4.98 Å². The molecular weight excluding hydrogens is 268 g/mol. The number of aromatic amines is 1. The van der Waals surface area contributed by atoms with E-state index in [1.807, 2.05) is 29.6 Å². The van der Waals surface area contributed by atoms with E-state index in [-0.39, 0.29) is 11.1 Å². The molecule has 20 heavy (non-hydrogen) atoms. The first-order valence-corrected chi connectivity index (χ1v) is 7.89. The molecule has 102 valence electrons. The standard InChI is InChI=1S/C16H16N2OS/c17-10-13-12(15-7-4-8-20-15)9-14(18-16(13)19)11-5-2-1-3-6-11/h4,7-9,11H,1-3,5-6H2,(H,18,19). The molecule has 0 radical (unpaired) electrons. The molecule has 3 rings (SSSR count). The normalized spacial score (nSPS) is 15.9. The van der Waals surface area contributed by atoms with Crippen molar-refractivity contribution < 1.29 is 0 Å². The molecule has 1 aliphatic carbocycles. The van der Waals surface area contributed by atoms with Gasteiger partial charge in [0, 0.05) is 16.1 Å². The molecule has 0 amide bonds. The predicted molar refractivity (Wildman–Crippen MR) is 80.9 cm³/mol. The first kappa shape index (κ1) is 13.1. The van der Waals surface area contributed by atoms with Gasteiger partial charge in [0.1, 0.15) is 11.6 Å². The number of H-pyrrole nitrogens is 1. The zero-order valence-corrected chi connectivity index (χ0v) is 12.0. The Morgan fingerprint density at radius 3 is 2.75 bits per heavy atom. The number of aromatic nitrogens is 1. The highest BCUT2D eigenvalue weighted by molar-refractivity contribution is 7.13. The largest absolute Gasteiger partial charge is 0.325 e.